The molecule has 1 aromatic carbocycles. The maximum Gasteiger partial charge on any atom is 0.114 e. The number of nitrogens with zero attached hydrogens (tertiary/aromatic N) is 1. The molecule has 2 N–H and O–H groups in total. The van der Waals surface area contributed by atoms with Crippen LogP contribution in [0, 0.1) is 20.8 Å². The second kappa shape index (κ2) is 4.36. The van der Waals surface area contributed by atoms with Crippen LogP contribution in [-0.2, 0) is 0 Å². The van der Waals surface area contributed by atoms with Gasteiger partial charge in [-0.1, -0.05) is 18.2 Å². The van der Waals surface area contributed by atoms with E-state index in [1.807, 2.05) is 12.3 Å². The van der Waals surface area contributed by atoms with Crippen molar-refractivity contribution in [3.05, 3.63) is 51.0 Å². The second-order valence-corrected chi connectivity index (χ2v) is 5.04. The van der Waals surface area contributed by atoms with Crippen LogP contribution in [0.1, 0.15) is 33.4 Å². The molecule has 0 saturated heterocycles. The third-order valence-corrected chi connectivity index (χ3v) is 3.84. The molecule has 0 aliphatic carbocycles. The summed E-state index contributed by atoms with van der Waals surface area (Å²) in [6.07, 6.45) is 0. The highest BCUT2D eigenvalue weighted by Gasteiger charge is 2.12. The Morgan fingerprint density at radius 2 is 1.94 bits per heavy atom. The molecule has 0 aliphatic heterocycles. The van der Waals surface area contributed by atoms with Crippen LogP contribution >= 0.6 is 11.3 Å². The fourth-order valence-electron chi connectivity index (χ4n) is 1.62. The SMILES string of the molecule is Cc1csc(C(N)c2ccc(C)c(C)c2)n1. The summed E-state index contributed by atoms with van der Waals surface area (Å²) < 4.78 is 0. The number of benzene rings is 1. The van der Waals surface area contributed by atoms with Crippen LogP contribution in [0.25, 0.3) is 0 Å². The minimum absolute atomic E-state index is 0.0991. The summed E-state index contributed by atoms with van der Waals surface area (Å²) in [7, 11) is 0. The molecule has 2 nitrogen and oxygen atoms in total. The van der Waals surface area contributed by atoms with Gasteiger partial charge in [0.2, 0.25) is 0 Å². The molecule has 2 rings (SSSR count). The lowest BCUT2D eigenvalue weighted by Gasteiger charge is -2.11. The molecule has 1 heterocycles. The first-order valence-corrected chi connectivity index (χ1v) is 6.20. The van der Waals surface area contributed by atoms with Gasteiger partial charge in [0.1, 0.15) is 5.01 Å². The Kier molecular flexibility index (Phi) is 3.08. The summed E-state index contributed by atoms with van der Waals surface area (Å²) in [5.74, 6) is 0. The van der Waals surface area contributed by atoms with Gasteiger partial charge in [0, 0.05) is 11.1 Å². The van der Waals surface area contributed by atoms with Gasteiger partial charge in [-0.2, -0.15) is 0 Å². The van der Waals surface area contributed by atoms with Crippen molar-refractivity contribution in [3.8, 4) is 0 Å². The van der Waals surface area contributed by atoms with Crippen LogP contribution in [0.15, 0.2) is 23.6 Å². The molecule has 1 aromatic heterocycles. The van der Waals surface area contributed by atoms with Crippen LogP contribution < -0.4 is 5.73 Å². The van der Waals surface area contributed by atoms with Crippen molar-refractivity contribution in [2.24, 2.45) is 5.73 Å². The first kappa shape index (κ1) is 11.3. The number of aryl methyl sites for hydroxylation is 3. The van der Waals surface area contributed by atoms with E-state index in [9.17, 15) is 0 Å². The van der Waals surface area contributed by atoms with Crippen molar-refractivity contribution in [3.63, 3.8) is 0 Å². The lowest BCUT2D eigenvalue weighted by atomic mass is 10.0. The lowest BCUT2D eigenvalue weighted by Crippen LogP contribution is -2.11. The van der Waals surface area contributed by atoms with Crippen molar-refractivity contribution >= 4 is 11.3 Å². The smallest absolute Gasteiger partial charge is 0.114 e. The molecule has 0 spiro atoms. The predicted octanol–water partition coefficient (Wildman–Crippen LogP) is 3.12. The molecule has 0 bridgehead atoms. The molecule has 3 heteroatoms. The zero-order valence-electron chi connectivity index (χ0n) is 9.82. The van der Waals surface area contributed by atoms with E-state index in [0.717, 1.165) is 16.3 Å². The van der Waals surface area contributed by atoms with Gasteiger partial charge in [-0.15, -0.1) is 11.3 Å². The van der Waals surface area contributed by atoms with Gasteiger partial charge in [-0.05, 0) is 37.5 Å². The van der Waals surface area contributed by atoms with Crippen LogP contribution in [0.2, 0.25) is 0 Å². The molecule has 16 heavy (non-hydrogen) atoms. The Bertz CT molecular complexity index is 502. The first-order chi connectivity index (χ1) is 7.58. The van der Waals surface area contributed by atoms with Gasteiger partial charge in [-0.25, -0.2) is 4.98 Å². The molecule has 1 atom stereocenters. The first-order valence-electron chi connectivity index (χ1n) is 5.32. The van der Waals surface area contributed by atoms with Crippen LogP contribution in [0.5, 0.6) is 0 Å². The average Bonchev–Trinajstić information content (AvgIpc) is 2.68. The normalized spacial score (nSPS) is 12.8. The number of thiazole rings is 1. The highest BCUT2D eigenvalue weighted by molar-refractivity contribution is 7.09. The summed E-state index contributed by atoms with van der Waals surface area (Å²) in [6.45, 7) is 6.21. The molecule has 0 amide bonds. The Balaban J connectivity index is 2.33. The molecule has 84 valence electrons. The van der Waals surface area contributed by atoms with E-state index in [0.29, 0.717) is 0 Å². The largest absolute Gasteiger partial charge is 0.318 e. The summed E-state index contributed by atoms with van der Waals surface area (Å²) in [5.41, 5.74) is 11.0. The van der Waals surface area contributed by atoms with Crippen LogP contribution in [-0.4, -0.2) is 4.98 Å². The summed E-state index contributed by atoms with van der Waals surface area (Å²) in [6, 6.07) is 6.25. The van der Waals surface area contributed by atoms with Crippen molar-refractivity contribution in [1.82, 2.24) is 4.98 Å². The molecule has 1 unspecified atom stereocenters. The monoisotopic (exact) mass is 232 g/mol. The van der Waals surface area contributed by atoms with Gasteiger partial charge in [0.05, 0.1) is 6.04 Å². The third-order valence-electron chi connectivity index (χ3n) is 2.79. The summed E-state index contributed by atoms with van der Waals surface area (Å²) in [4.78, 5) is 4.43. The third kappa shape index (κ3) is 2.15. The van der Waals surface area contributed by atoms with Crippen molar-refractivity contribution < 1.29 is 0 Å². The number of nitrogens with two attached hydrogens (primary N) is 1. The topological polar surface area (TPSA) is 38.9 Å². The highest BCUT2D eigenvalue weighted by atomic mass is 32.1. The van der Waals surface area contributed by atoms with Gasteiger partial charge < -0.3 is 5.73 Å². The molecule has 2 aromatic rings. The van der Waals surface area contributed by atoms with Gasteiger partial charge in [0.15, 0.2) is 0 Å². The Labute approximate surface area is 100 Å². The maximum atomic E-state index is 6.20. The molecule has 0 radical (unpaired) electrons. The number of aromatic nitrogens is 1. The van der Waals surface area contributed by atoms with Crippen molar-refractivity contribution in [2.75, 3.05) is 0 Å². The molecule has 0 aliphatic rings. The Hall–Kier alpha value is -1.19. The summed E-state index contributed by atoms with van der Waals surface area (Å²) >= 11 is 1.63. The van der Waals surface area contributed by atoms with Crippen LogP contribution in [0.3, 0.4) is 0 Å². The predicted molar refractivity (Wildman–Crippen MR) is 68.8 cm³/mol. The Morgan fingerprint density at radius 3 is 2.50 bits per heavy atom. The van der Waals surface area contributed by atoms with Crippen molar-refractivity contribution in [2.45, 2.75) is 26.8 Å². The number of hydrogen-bond acceptors (Lipinski definition) is 3. The minimum Gasteiger partial charge on any atom is -0.318 e. The standard InChI is InChI=1S/C13H16N2S/c1-8-4-5-11(6-9(8)2)12(14)13-15-10(3)7-16-13/h4-7,12H,14H2,1-3H3. The zero-order valence-corrected chi connectivity index (χ0v) is 10.6. The molecule has 0 saturated carbocycles. The van der Waals surface area contributed by atoms with Gasteiger partial charge in [-0.3, -0.25) is 0 Å². The van der Waals surface area contributed by atoms with E-state index in [4.69, 9.17) is 5.73 Å². The Morgan fingerprint density at radius 1 is 1.19 bits per heavy atom. The zero-order chi connectivity index (χ0) is 11.7. The quantitative estimate of drug-likeness (QED) is 0.864. The fraction of sp³-hybridized carbons (Fsp3) is 0.308. The van der Waals surface area contributed by atoms with Crippen molar-refractivity contribution in [1.29, 1.82) is 0 Å². The highest BCUT2D eigenvalue weighted by Crippen LogP contribution is 2.24. The summed E-state index contributed by atoms with van der Waals surface area (Å²) in [5, 5.41) is 3.02. The molecule has 0 fully saturated rings. The number of rotatable bonds is 2. The fourth-order valence-corrected chi connectivity index (χ4v) is 2.44. The molecular formula is C13H16N2S. The lowest BCUT2D eigenvalue weighted by molar-refractivity contribution is 0.850. The van der Waals surface area contributed by atoms with E-state index >= 15 is 0 Å². The van der Waals surface area contributed by atoms with E-state index in [-0.39, 0.29) is 6.04 Å². The second-order valence-electron chi connectivity index (χ2n) is 4.15. The van der Waals surface area contributed by atoms with Crippen LogP contribution in [0.4, 0.5) is 0 Å². The number of hydrogen-bond donors (Lipinski definition) is 1. The van der Waals surface area contributed by atoms with E-state index in [1.54, 1.807) is 11.3 Å². The van der Waals surface area contributed by atoms with E-state index < -0.39 is 0 Å². The maximum absolute atomic E-state index is 6.20. The average molecular weight is 232 g/mol. The molecular weight excluding hydrogens is 216 g/mol. The minimum atomic E-state index is -0.0991. The van der Waals surface area contributed by atoms with Gasteiger partial charge >= 0.3 is 0 Å². The van der Waals surface area contributed by atoms with Gasteiger partial charge in [0.25, 0.3) is 0 Å². The van der Waals surface area contributed by atoms with E-state index in [1.165, 1.54) is 11.1 Å². The van der Waals surface area contributed by atoms with E-state index in [2.05, 4.69) is 37.0 Å².